The van der Waals surface area contributed by atoms with Crippen LogP contribution in [-0.2, 0) is 17.8 Å². The molecule has 2 heterocycles. The van der Waals surface area contributed by atoms with Crippen LogP contribution in [0.15, 0.2) is 47.1 Å². The number of nitrogens with zero attached hydrogens (tertiary/aromatic N) is 1. The molecule has 0 bridgehead atoms. The largest absolute Gasteiger partial charge is 0.493 e. The summed E-state index contributed by atoms with van der Waals surface area (Å²) in [6.45, 7) is 0.678. The second-order valence-electron chi connectivity index (χ2n) is 8.25. The standard InChI is InChI=1S/C23H19BrClNO4/c24-15-1-3-17-18(10-26(19(17)9-15)12-23(5-6-23)22(28)29)21(27)14-7-13-8-16(25)2-4-20(13)30-11-14/h1-4,8-10,14H,5-7,11-12H2,(H,28,29). The Balaban J connectivity index is 1.51. The fourth-order valence-corrected chi connectivity index (χ4v) is 4.80. The third kappa shape index (κ3) is 3.32. The van der Waals surface area contributed by atoms with Crippen LogP contribution in [0.2, 0.25) is 5.02 Å². The van der Waals surface area contributed by atoms with Gasteiger partial charge in [0.25, 0.3) is 0 Å². The Morgan fingerprint density at radius 1 is 1.23 bits per heavy atom. The molecule has 5 rings (SSSR count). The Labute approximate surface area is 186 Å². The lowest BCUT2D eigenvalue weighted by molar-refractivity contribution is -0.143. The molecular weight excluding hydrogens is 470 g/mol. The van der Waals surface area contributed by atoms with E-state index in [0.29, 0.717) is 43.0 Å². The normalized spacial score (nSPS) is 19.2. The van der Waals surface area contributed by atoms with Gasteiger partial charge in [-0.1, -0.05) is 33.6 Å². The van der Waals surface area contributed by atoms with Crippen molar-refractivity contribution >= 4 is 50.2 Å². The zero-order valence-corrected chi connectivity index (χ0v) is 18.4. The van der Waals surface area contributed by atoms with Crippen molar-refractivity contribution in [1.29, 1.82) is 0 Å². The van der Waals surface area contributed by atoms with Crippen molar-refractivity contribution in [2.75, 3.05) is 6.61 Å². The number of carboxylic acid groups (broad SMARTS) is 1. The highest BCUT2D eigenvalue weighted by atomic mass is 79.9. The molecule has 1 saturated carbocycles. The zero-order chi connectivity index (χ0) is 21.0. The summed E-state index contributed by atoms with van der Waals surface area (Å²) in [6, 6.07) is 11.2. The van der Waals surface area contributed by atoms with E-state index >= 15 is 0 Å². The van der Waals surface area contributed by atoms with E-state index in [9.17, 15) is 14.7 Å². The van der Waals surface area contributed by atoms with E-state index in [1.54, 1.807) is 6.07 Å². The molecule has 154 valence electrons. The molecule has 30 heavy (non-hydrogen) atoms. The first-order chi connectivity index (χ1) is 14.4. The Kier molecular flexibility index (Phi) is 4.67. The molecule has 7 heteroatoms. The van der Waals surface area contributed by atoms with Gasteiger partial charge in [-0.15, -0.1) is 0 Å². The maximum Gasteiger partial charge on any atom is 0.311 e. The Morgan fingerprint density at radius 3 is 2.77 bits per heavy atom. The van der Waals surface area contributed by atoms with Crippen LogP contribution in [0.4, 0.5) is 0 Å². The van der Waals surface area contributed by atoms with Gasteiger partial charge in [0.05, 0.1) is 17.9 Å². The van der Waals surface area contributed by atoms with E-state index in [1.165, 1.54) is 0 Å². The number of rotatable bonds is 5. The van der Waals surface area contributed by atoms with Crippen LogP contribution in [0.25, 0.3) is 10.9 Å². The van der Waals surface area contributed by atoms with Crippen molar-refractivity contribution in [3.8, 4) is 5.75 Å². The summed E-state index contributed by atoms with van der Waals surface area (Å²) in [4.78, 5) is 25.2. The van der Waals surface area contributed by atoms with Crippen molar-refractivity contribution < 1.29 is 19.4 Å². The molecular formula is C23H19BrClNO4. The molecule has 1 atom stereocenters. The van der Waals surface area contributed by atoms with Crippen molar-refractivity contribution in [2.45, 2.75) is 25.8 Å². The third-order valence-electron chi connectivity index (χ3n) is 6.19. The van der Waals surface area contributed by atoms with Gasteiger partial charge < -0.3 is 14.4 Å². The van der Waals surface area contributed by atoms with Gasteiger partial charge in [0.2, 0.25) is 0 Å². The number of ether oxygens (including phenoxy) is 1. The van der Waals surface area contributed by atoms with Crippen LogP contribution >= 0.6 is 27.5 Å². The van der Waals surface area contributed by atoms with E-state index in [1.807, 2.05) is 41.1 Å². The lowest BCUT2D eigenvalue weighted by Crippen LogP contribution is -2.28. The molecule has 1 unspecified atom stereocenters. The fourth-order valence-electron chi connectivity index (χ4n) is 4.26. The first-order valence-corrected chi connectivity index (χ1v) is 11.0. The second kappa shape index (κ2) is 7.13. The molecule has 0 radical (unpaired) electrons. The topological polar surface area (TPSA) is 68.5 Å². The van der Waals surface area contributed by atoms with E-state index in [4.69, 9.17) is 16.3 Å². The van der Waals surface area contributed by atoms with Crippen LogP contribution in [0, 0.1) is 11.3 Å². The highest BCUT2D eigenvalue weighted by Crippen LogP contribution is 2.48. The summed E-state index contributed by atoms with van der Waals surface area (Å²) in [5, 5.41) is 11.1. The van der Waals surface area contributed by atoms with Crippen LogP contribution in [0.5, 0.6) is 5.75 Å². The molecule has 5 nitrogen and oxygen atoms in total. The van der Waals surface area contributed by atoms with Crippen molar-refractivity contribution in [2.24, 2.45) is 11.3 Å². The van der Waals surface area contributed by atoms with E-state index in [2.05, 4.69) is 15.9 Å². The molecule has 1 aromatic heterocycles. The average Bonchev–Trinajstić information content (AvgIpc) is 3.43. The summed E-state index contributed by atoms with van der Waals surface area (Å²) in [6.07, 6.45) is 3.70. The van der Waals surface area contributed by atoms with Crippen molar-refractivity contribution in [3.05, 3.63) is 63.2 Å². The number of hydrogen-bond donors (Lipinski definition) is 1. The number of carbonyl (C=O) groups excluding carboxylic acids is 1. The van der Waals surface area contributed by atoms with Crippen LogP contribution in [0.3, 0.4) is 0 Å². The Hall–Kier alpha value is -2.31. The minimum Gasteiger partial charge on any atom is -0.493 e. The van der Waals surface area contributed by atoms with Crippen LogP contribution in [0.1, 0.15) is 28.8 Å². The van der Waals surface area contributed by atoms with Gasteiger partial charge in [0.1, 0.15) is 5.75 Å². The van der Waals surface area contributed by atoms with Gasteiger partial charge >= 0.3 is 5.97 Å². The van der Waals surface area contributed by atoms with Gasteiger partial charge in [-0.3, -0.25) is 9.59 Å². The predicted molar refractivity (Wildman–Crippen MR) is 117 cm³/mol. The molecule has 0 spiro atoms. The van der Waals surface area contributed by atoms with Gasteiger partial charge in [-0.2, -0.15) is 0 Å². The number of carboxylic acids is 1. The number of benzene rings is 2. The van der Waals surface area contributed by atoms with Gasteiger partial charge in [-0.25, -0.2) is 0 Å². The maximum atomic E-state index is 13.5. The number of fused-ring (bicyclic) bond motifs is 2. The van der Waals surface area contributed by atoms with Gasteiger partial charge in [-0.05, 0) is 55.2 Å². The lowest BCUT2D eigenvalue weighted by atomic mass is 9.89. The summed E-state index contributed by atoms with van der Waals surface area (Å²) in [7, 11) is 0. The molecule has 1 aliphatic heterocycles. The molecule has 2 aromatic carbocycles. The molecule has 3 aromatic rings. The average molecular weight is 489 g/mol. The number of aliphatic carboxylic acids is 1. The number of aromatic nitrogens is 1. The second-order valence-corrected chi connectivity index (χ2v) is 9.60. The number of hydrogen-bond acceptors (Lipinski definition) is 3. The van der Waals surface area contributed by atoms with Gasteiger partial charge in [0, 0.05) is 38.7 Å². The van der Waals surface area contributed by atoms with Gasteiger partial charge in [0.15, 0.2) is 5.78 Å². The predicted octanol–water partition coefficient (Wildman–Crippen LogP) is 5.36. The third-order valence-corrected chi connectivity index (χ3v) is 6.92. The van der Waals surface area contributed by atoms with Crippen molar-refractivity contribution in [3.63, 3.8) is 0 Å². The molecule has 1 fully saturated rings. The quantitative estimate of drug-likeness (QED) is 0.491. The van der Waals surface area contributed by atoms with E-state index in [0.717, 1.165) is 26.7 Å². The maximum absolute atomic E-state index is 13.5. The highest BCUT2D eigenvalue weighted by Gasteiger charge is 2.50. The summed E-state index contributed by atoms with van der Waals surface area (Å²) in [5.41, 5.74) is 1.68. The fraction of sp³-hybridized carbons (Fsp3) is 0.304. The zero-order valence-electron chi connectivity index (χ0n) is 16.0. The molecule has 1 N–H and O–H groups in total. The van der Waals surface area contributed by atoms with Crippen molar-refractivity contribution in [1.82, 2.24) is 4.57 Å². The minimum absolute atomic E-state index is 0.00636. The van der Waals surface area contributed by atoms with E-state index < -0.39 is 11.4 Å². The molecule has 0 amide bonds. The highest BCUT2D eigenvalue weighted by molar-refractivity contribution is 9.10. The van der Waals surface area contributed by atoms with Crippen LogP contribution < -0.4 is 4.74 Å². The SMILES string of the molecule is O=C(c1cn(CC2(C(=O)O)CC2)c2cc(Br)ccc12)C1COc2ccc(Cl)cc2C1. The summed E-state index contributed by atoms with van der Waals surface area (Å²) in [5.74, 6) is -0.312. The molecule has 0 saturated heterocycles. The Bertz CT molecular complexity index is 1200. The summed E-state index contributed by atoms with van der Waals surface area (Å²) >= 11 is 9.61. The van der Waals surface area contributed by atoms with E-state index in [-0.39, 0.29) is 11.7 Å². The summed E-state index contributed by atoms with van der Waals surface area (Å²) < 4.78 is 8.63. The monoisotopic (exact) mass is 487 g/mol. The number of ketones is 1. The molecule has 2 aliphatic rings. The number of carbonyl (C=O) groups is 2. The lowest BCUT2D eigenvalue weighted by Gasteiger charge is -2.24. The Morgan fingerprint density at radius 2 is 2.03 bits per heavy atom. The molecule has 1 aliphatic carbocycles. The minimum atomic E-state index is -0.776. The number of Topliss-reactive ketones (excluding diaryl/α,β-unsaturated/α-hetero) is 1. The number of halogens is 2. The first-order valence-electron chi connectivity index (χ1n) is 9.83. The smallest absolute Gasteiger partial charge is 0.311 e. The first kappa shape index (κ1) is 19.6. The van der Waals surface area contributed by atoms with Crippen LogP contribution in [-0.4, -0.2) is 28.0 Å².